The molecule has 0 saturated heterocycles. The Labute approximate surface area is 391 Å². The first-order valence-electron chi connectivity index (χ1n) is 22.6. The second-order valence-corrected chi connectivity index (χ2v) is 16.8. The average molecular weight is 871 g/mol. The molecule has 0 saturated carbocycles. The van der Waals surface area contributed by atoms with Gasteiger partial charge in [-0.05, 0) is 58.7 Å². The molecule has 0 amide bonds. The maximum absolute atomic E-state index is 5.29. The molecule has 0 N–H and O–H groups in total. The van der Waals surface area contributed by atoms with Gasteiger partial charge in [0.25, 0.3) is 0 Å². The molecule has 4 heterocycles. The molecule has 0 fully saturated rings. The molecular formula is C60H38N8. The van der Waals surface area contributed by atoms with Crippen LogP contribution in [0.25, 0.3) is 123 Å². The van der Waals surface area contributed by atoms with Crippen molar-refractivity contribution in [3.63, 3.8) is 0 Å². The van der Waals surface area contributed by atoms with Gasteiger partial charge in [-0.15, -0.1) is 0 Å². The van der Waals surface area contributed by atoms with Crippen LogP contribution in [0.5, 0.6) is 0 Å². The lowest BCUT2D eigenvalue weighted by atomic mass is 10.0. The van der Waals surface area contributed by atoms with Crippen LogP contribution in [0.2, 0.25) is 0 Å². The maximum Gasteiger partial charge on any atom is 0.238 e. The Morgan fingerprint density at radius 3 is 0.765 bits per heavy atom. The average Bonchev–Trinajstić information content (AvgIpc) is 3.92. The zero-order valence-electron chi connectivity index (χ0n) is 36.5. The fraction of sp³-hybridized carbons (Fsp3) is 0. The second kappa shape index (κ2) is 16.2. The Bertz CT molecular complexity index is 3610. The van der Waals surface area contributed by atoms with Crippen molar-refractivity contribution in [3.8, 4) is 79.7 Å². The minimum atomic E-state index is 0.524. The lowest BCUT2D eigenvalue weighted by Crippen LogP contribution is -2.07. The van der Waals surface area contributed by atoms with Crippen molar-refractivity contribution >= 4 is 43.6 Å². The summed E-state index contributed by atoms with van der Waals surface area (Å²) in [4.78, 5) is 31.3. The van der Waals surface area contributed by atoms with E-state index in [1.54, 1.807) is 0 Å². The minimum Gasteiger partial charge on any atom is -0.278 e. The second-order valence-electron chi connectivity index (χ2n) is 16.8. The van der Waals surface area contributed by atoms with Gasteiger partial charge in [0.15, 0.2) is 23.3 Å². The number of hydrogen-bond acceptors (Lipinski definition) is 6. The van der Waals surface area contributed by atoms with Crippen molar-refractivity contribution in [1.82, 2.24) is 39.0 Å². The highest BCUT2D eigenvalue weighted by Gasteiger charge is 2.24. The summed E-state index contributed by atoms with van der Waals surface area (Å²) in [7, 11) is 0. The first-order chi connectivity index (χ1) is 33.7. The van der Waals surface area contributed by atoms with Crippen LogP contribution in [0.15, 0.2) is 231 Å². The molecule has 0 atom stereocenters. The fourth-order valence-electron chi connectivity index (χ4n) is 9.38. The standard InChI is InChI=1S/C60H38N8/c1-7-19-39(20-8-1)45-31-33-51-47(35-45)49-37-54-50(38-53(49)67(51)59-63-55(41-23-11-3-12-24-41)61-56(64-59)42-25-13-4-14-26-42)48-36-46(40-21-9-2-10-22-40)32-34-52(48)68(54)60-65-57(43-27-15-5-16-28-43)62-58(66-60)44-29-17-6-18-30-44/h1-38H. The molecule has 8 nitrogen and oxygen atoms in total. The van der Waals surface area contributed by atoms with Crippen molar-refractivity contribution < 1.29 is 0 Å². The number of hydrogen-bond donors (Lipinski definition) is 0. The molecule has 0 aliphatic carbocycles. The predicted octanol–water partition coefficient (Wildman–Crippen LogP) is 14.3. The van der Waals surface area contributed by atoms with Crippen LogP contribution >= 0.6 is 0 Å². The van der Waals surface area contributed by atoms with Crippen LogP contribution in [0.4, 0.5) is 0 Å². The zero-order valence-corrected chi connectivity index (χ0v) is 36.5. The first kappa shape index (κ1) is 39.0. The Hall–Kier alpha value is -9.40. The summed E-state index contributed by atoms with van der Waals surface area (Å²) in [5.74, 6) is 3.41. The summed E-state index contributed by atoms with van der Waals surface area (Å²) >= 11 is 0. The molecule has 13 aromatic rings. The smallest absolute Gasteiger partial charge is 0.238 e. The summed E-state index contributed by atoms with van der Waals surface area (Å²) in [6.07, 6.45) is 0. The normalized spacial score (nSPS) is 11.5. The van der Waals surface area contributed by atoms with E-state index in [0.29, 0.717) is 35.2 Å². The third kappa shape index (κ3) is 6.78. The van der Waals surface area contributed by atoms with E-state index in [1.165, 1.54) is 0 Å². The number of rotatable bonds is 8. The largest absolute Gasteiger partial charge is 0.278 e. The van der Waals surface area contributed by atoms with Gasteiger partial charge in [0.1, 0.15) is 0 Å². The fourth-order valence-corrected chi connectivity index (χ4v) is 9.38. The van der Waals surface area contributed by atoms with Gasteiger partial charge >= 0.3 is 0 Å². The molecule has 0 unspecified atom stereocenters. The molecule has 0 radical (unpaired) electrons. The van der Waals surface area contributed by atoms with Gasteiger partial charge in [-0.1, -0.05) is 194 Å². The summed E-state index contributed by atoms with van der Waals surface area (Å²) in [6.45, 7) is 0. The minimum absolute atomic E-state index is 0.524. The van der Waals surface area contributed by atoms with Gasteiger partial charge in [-0.3, -0.25) is 9.13 Å². The van der Waals surface area contributed by atoms with Crippen LogP contribution in [-0.4, -0.2) is 39.0 Å². The number of aromatic nitrogens is 8. The van der Waals surface area contributed by atoms with Crippen molar-refractivity contribution in [3.05, 3.63) is 231 Å². The van der Waals surface area contributed by atoms with Crippen LogP contribution in [0, 0.1) is 0 Å². The lowest BCUT2D eigenvalue weighted by Gasteiger charge is -2.12. The topological polar surface area (TPSA) is 87.2 Å². The summed E-state index contributed by atoms with van der Waals surface area (Å²) in [5.41, 5.74) is 11.9. The van der Waals surface area contributed by atoms with Crippen molar-refractivity contribution in [1.29, 1.82) is 0 Å². The van der Waals surface area contributed by atoms with E-state index < -0.39 is 0 Å². The summed E-state index contributed by atoms with van der Waals surface area (Å²) < 4.78 is 4.40. The number of nitrogens with zero attached hydrogens (tertiary/aromatic N) is 8. The van der Waals surface area contributed by atoms with Crippen LogP contribution < -0.4 is 0 Å². The molecule has 68 heavy (non-hydrogen) atoms. The van der Waals surface area contributed by atoms with E-state index in [2.05, 4.69) is 118 Å². The zero-order chi connectivity index (χ0) is 45.0. The number of benzene rings is 9. The Kier molecular flexibility index (Phi) is 9.31. The third-order valence-electron chi connectivity index (χ3n) is 12.6. The van der Waals surface area contributed by atoms with Crippen LogP contribution in [0.3, 0.4) is 0 Å². The SMILES string of the molecule is c1ccc(-c2ccc3c(c2)c2cc4c(cc2n3-c2nc(-c3ccccc3)nc(-c3ccccc3)n2)c2cc(-c3ccccc3)ccc2n4-c2nc(-c3ccccc3)nc(-c3ccccc3)n2)cc1. The van der Waals surface area contributed by atoms with E-state index in [1.807, 2.05) is 121 Å². The van der Waals surface area contributed by atoms with Gasteiger partial charge in [-0.2, -0.15) is 19.9 Å². The summed E-state index contributed by atoms with van der Waals surface area (Å²) in [6, 6.07) is 79.5. The van der Waals surface area contributed by atoms with Crippen molar-refractivity contribution in [2.75, 3.05) is 0 Å². The highest BCUT2D eigenvalue weighted by molar-refractivity contribution is 6.19. The number of fused-ring (bicyclic) bond motifs is 6. The van der Waals surface area contributed by atoms with Gasteiger partial charge in [0.2, 0.25) is 11.9 Å². The molecule has 0 bridgehead atoms. The van der Waals surface area contributed by atoms with Crippen molar-refractivity contribution in [2.24, 2.45) is 0 Å². The molecule has 0 aliphatic heterocycles. The van der Waals surface area contributed by atoms with E-state index in [9.17, 15) is 0 Å². The Morgan fingerprint density at radius 1 is 0.206 bits per heavy atom. The molecule has 13 rings (SSSR count). The molecule has 8 heteroatoms. The highest BCUT2D eigenvalue weighted by atomic mass is 15.2. The van der Waals surface area contributed by atoms with E-state index >= 15 is 0 Å². The molecule has 9 aromatic carbocycles. The molecular weight excluding hydrogens is 833 g/mol. The lowest BCUT2D eigenvalue weighted by molar-refractivity contribution is 0.951. The predicted molar refractivity (Wildman–Crippen MR) is 275 cm³/mol. The highest BCUT2D eigenvalue weighted by Crippen LogP contribution is 2.42. The molecule has 318 valence electrons. The van der Waals surface area contributed by atoms with Crippen LogP contribution in [0.1, 0.15) is 0 Å². The third-order valence-corrected chi connectivity index (χ3v) is 12.6. The van der Waals surface area contributed by atoms with E-state index in [0.717, 1.165) is 88.1 Å². The van der Waals surface area contributed by atoms with E-state index in [-0.39, 0.29) is 0 Å². The van der Waals surface area contributed by atoms with Crippen molar-refractivity contribution in [2.45, 2.75) is 0 Å². The maximum atomic E-state index is 5.29. The Morgan fingerprint density at radius 2 is 0.471 bits per heavy atom. The van der Waals surface area contributed by atoms with Gasteiger partial charge in [-0.25, -0.2) is 9.97 Å². The molecule has 0 spiro atoms. The quantitative estimate of drug-likeness (QED) is 0.151. The monoisotopic (exact) mass is 870 g/mol. The van der Waals surface area contributed by atoms with Gasteiger partial charge in [0.05, 0.1) is 22.1 Å². The van der Waals surface area contributed by atoms with Gasteiger partial charge < -0.3 is 0 Å². The first-order valence-corrected chi connectivity index (χ1v) is 22.6. The van der Waals surface area contributed by atoms with E-state index in [4.69, 9.17) is 29.9 Å². The molecule has 0 aliphatic rings. The molecule has 4 aromatic heterocycles. The van der Waals surface area contributed by atoms with Crippen LogP contribution in [-0.2, 0) is 0 Å². The summed E-state index contributed by atoms with van der Waals surface area (Å²) in [5, 5.41) is 4.17. The Balaban J connectivity index is 1.15. The van der Waals surface area contributed by atoms with Gasteiger partial charge in [0, 0.05) is 43.8 Å².